The van der Waals surface area contributed by atoms with Gasteiger partial charge < -0.3 is 14.9 Å². The van der Waals surface area contributed by atoms with Crippen molar-refractivity contribution < 1.29 is 14.9 Å². The fraction of sp³-hybridized carbons (Fsp3) is 0.682. The molecule has 0 saturated carbocycles. The lowest BCUT2D eigenvalue weighted by atomic mass is 9.95. The van der Waals surface area contributed by atoms with E-state index >= 15 is 0 Å². The third-order valence-corrected chi connectivity index (χ3v) is 4.98. The summed E-state index contributed by atoms with van der Waals surface area (Å²) in [5.74, 6) is 0.230. The number of aliphatic hydroxyl groups is 2. The zero-order chi connectivity index (χ0) is 18.6. The molecule has 0 aromatic carbocycles. The summed E-state index contributed by atoms with van der Waals surface area (Å²) in [5, 5.41) is 19.5. The van der Waals surface area contributed by atoms with Crippen molar-refractivity contribution in [3.8, 4) is 0 Å². The van der Waals surface area contributed by atoms with Gasteiger partial charge in [-0.25, -0.2) is 0 Å². The van der Waals surface area contributed by atoms with E-state index in [2.05, 4.69) is 6.92 Å². The molecular formula is C22H35NO3. The third-order valence-electron chi connectivity index (χ3n) is 4.98. The molecule has 1 aliphatic heterocycles. The van der Waals surface area contributed by atoms with Crippen molar-refractivity contribution in [1.82, 2.24) is 4.98 Å². The highest BCUT2D eigenvalue weighted by Crippen LogP contribution is 2.29. The summed E-state index contributed by atoms with van der Waals surface area (Å²) in [6.45, 7) is 3.21. The molecule has 1 fully saturated rings. The quantitative estimate of drug-likeness (QED) is 0.379. The fourth-order valence-electron chi connectivity index (χ4n) is 3.29. The van der Waals surface area contributed by atoms with Gasteiger partial charge in [-0.15, -0.1) is 0 Å². The minimum Gasteiger partial charge on any atom is -0.396 e. The standard InChI is InChI=1S/C22H35NO3/c1-2-3-4-5-6-7-10-20(25)13-12-19-9-8-11-22(23-19)18(14-15-24)16-21-17-26-21/h8-9,11-13,18,20-21,24-25H,2-7,10,14-17H2,1H3. The van der Waals surface area contributed by atoms with E-state index in [1.807, 2.05) is 30.4 Å². The predicted octanol–water partition coefficient (Wildman–Crippen LogP) is 4.46. The number of pyridine rings is 1. The van der Waals surface area contributed by atoms with E-state index in [9.17, 15) is 10.2 Å². The van der Waals surface area contributed by atoms with Gasteiger partial charge in [0.1, 0.15) is 0 Å². The molecule has 3 atom stereocenters. The number of unbranched alkanes of at least 4 members (excludes halogenated alkanes) is 5. The first-order valence-electron chi connectivity index (χ1n) is 10.3. The van der Waals surface area contributed by atoms with E-state index in [4.69, 9.17) is 9.72 Å². The topological polar surface area (TPSA) is 65.9 Å². The summed E-state index contributed by atoms with van der Waals surface area (Å²) in [6.07, 6.45) is 13.6. The first-order chi connectivity index (χ1) is 12.7. The van der Waals surface area contributed by atoms with E-state index in [0.29, 0.717) is 12.5 Å². The Bertz CT molecular complexity index is 528. The van der Waals surface area contributed by atoms with Crippen molar-refractivity contribution in [2.45, 2.75) is 82.8 Å². The first kappa shape index (κ1) is 21.1. The average molecular weight is 362 g/mol. The molecule has 4 heteroatoms. The van der Waals surface area contributed by atoms with Crippen LogP contribution in [-0.4, -0.2) is 40.6 Å². The Morgan fingerprint density at radius 3 is 2.69 bits per heavy atom. The molecule has 2 heterocycles. The molecule has 3 unspecified atom stereocenters. The minimum absolute atomic E-state index is 0.163. The number of aliphatic hydroxyl groups excluding tert-OH is 2. The van der Waals surface area contributed by atoms with Crippen molar-refractivity contribution in [1.29, 1.82) is 0 Å². The molecule has 0 bridgehead atoms. The van der Waals surface area contributed by atoms with Crippen LogP contribution in [0.3, 0.4) is 0 Å². The van der Waals surface area contributed by atoms with Gasteiger partial charge in [-0.2, -0.15) is 0 Å². The van der Waals surface area contributed by atoms with Crippen LogP contribution in [0, 0.1) is 0 Å². The molecule has 0 radical (unpaired) electrons. The SMILES string of the molecule is CCCCCCCCC(O)C=Cc1cccc(C(CCO)CC2CO2)n1. The van der Waals surface area contributed by atoms with E-state index in [-0.39, 0.29) is 12.5 Å². The second kappa shape index (κ2) is 12.2. The fourth-order valence-corrected chi connectivity index (χ4v) is 3.29. The Labute approximate surface area is 158 Å². The molecule has 0 spiro atoms. The zero-order valence-corrected chi connectivity index (χ0v) is 16.1. The molecule has 1 saturated heterocycles. The summed E-state index contributed by atoms with van der Waals surface area (Å²) < 4.78 is 5.33. The van der Waals surface area contributed by atoms with Crippen molar-refractivity contribution in [2.75, 3.05) is 13.2 Å². The number of nitrogens with zero attached hydrogens (tertiary/aromatic N) is 1. The number of epoxide rings is 1. The predicted molar refractivity (Wildman–Crippen MR) is 106 cm³/mol. The molecule has 26 heavy (non-hydrogen) atoms. The minimum atomic E-state index is -0.403. The van der Waals surface area contributed by atoms with Gasteiger partial charge >= 0.3 is 0 Å². The Morgan fingerprint density at radius 2 is 1.96 bits per heavy atom. The summed E-state index contributed by atoms with van der Waals surface area (Å²) >= 11 is 0. The lowest BCUT2D eigenvalue weighted by Gasteiger charge is -2.14. The van der Waals surface area contributed by atoms with Gasteiger partial charge in [-0.05, 0) is 37.5 Å². The summed E-state index contributed by atoms with van der Waals surface area (Å²) in [7, 11) is 0. The van der Waals surface area contributed by atoms with Crippen LogP contribution >= 0.6 is 0 Å². The maximum atomic E-state index is 10.1. The second-order valence-electron chi connectivity index (χ2n) is 7.37. The van der Waals surface area contributed by atoms with E-state index in [1.54, 1.807) is 0 Å². The molecule has 0 aliphatic carbocycles. The lowest BCUT2D eigenvalue weighted by molar-refractivity contribution is 0.208. The van der Waals surface area contributed by atoms with Crippen molar-refractivity contribution in [3.63, 3.8) is 0 Å². The van der Waals surface area contributed by atoms with E-state index in [1.165, 1.54) is 32.1 Å². The monoisotopic (exact) mass is 361 g/mol. The van der Waals surface area contributed by atoms with Gasteiger partial charge in [0.25, 0.3) is 0 Å². The summed E-state index contributed by atoms with van der Waals surface area (Å²) in [4.78, 5) is 4.71. The average Bonchev–Trinajstić information content (AvgIpc) is 3.47. The molecule has 2 rings (SSSR count). The third kappa shape index (κ3) is 8.43. The normalized spacial score (nSPS) is 19.0. The number of hydrogen-bond donors (Lipinski definition) is 2. The van der Waals surface area contributed by atoms with Crippen LogP contribution in [0.1, 0.15) is 82.0 Å². The summed E-state index contributed by atoms with van der Waals surface area (Å²) in [6, 6.07) is 5.98. The van der Waals surface area contributed by atoms with Gasteiger partial charge in [0, 0.05) is 18.2 Å². The maximum Gasteiger partial charge on any atom is 0.0816 e. The van der Waals surface area contributed by atoms with Gasteiger partial charge in [-0.3, -0.25) is 4.98 Å². The smallest absolute Gasteiger partial charge is 0.0816 e. The molecule has 2 N–H and O–H groups in total. The second-order valence-corrected chi connectivity index (χ2v) is 7.37. The van der Waals surface area contributed by atoms with Crippen LogP contribution in [-0.2, 0) is 4.74 Å². The lowest BCUT2D eigenvalue weighted by Crippen LogP contribution is -2.08. The molecule has 1 aliphatic rings. The highest BCUT2D eigenvalue weighted by Gasteiger charge is 2.27. The highest BCUT2D eigenvalue weighted by atomic mass is 16.6. The number of aromatic nitrogens is 1. The molecule has 1 aromatic rings. The largest absolute Gasteiger partial charge is 0.396 e. The van der Waals surface area contributed by atoms with Crippen LogP contribution < -0.4 is 0 Å². The maximum absolute atomic E-state index is 10.1. The van der Waals surface area contributed by atoms with E-state index < -0.39 is 6.10 Å². The first-order valence-corrected chi connectivity index (χ1v) is 10.3. The zero-order valence-electron chi connectivity index (χ0n) is 16.1. The Kier molecular flexibility index (Phi) is 9.90. The van der Waals surface area contributed by atoms with E-state index in [0.717, 1.165) is 37.3 Å². The van der Waals surface area contributed by atoms with Gasteiger partial charge in [0.15, 0.2) is 0 Å². The van der Waals surface area contributed by atoms with Crippen LogP contribution in [0.15, 0.2) is 24.3 Å². The van der Waals surface area contributed by atoms with Gasteiger partial charge in [0.2, 0.25) is 0 Å². The van der Waals surface area contributed by atoms with Crippen molar-refractivity contribution in [2.24, 2.45) is 0 Å². The number of hydrogen-bond acceptors (Lipinski definition) is 4. The molecule has 146 valence electrons. The van der Waals surface area contributed by atoms with Crippen LogP contribution in [0.25, 0.3) is 6.08 Å². The Hall–Kier alpha value is -1.23. The van der Waals surface area contributed by atoms with Crippen LogP contribution in [0.2, 0.25) is 0 Å². The summed E-state index contributed by atoms with van der Waals surface area (Å²) in [5.41, 5.74) is 1.87. The number of rotatable bonds is 14. The Morgan fingerprint density at radius 1 is 1.19 bits per heavy atom. The molecule has 4 nitrogen and oxygen atoms in total. The highest BCUT2D eigenvalue weighted by molar-refractivity contribution is 5.45. The van der Waals surface area contributed by atoms with Crippen molar-refractivity contribution >= 4 is 6.08 Å². The molecule has 1 aromatic heterocycles. The van der Waals surface area contributed by atoms with Crippen LogP contribution in [0.5, 0.6) is 0 Å². The van der Waals surface area contributed by atoms with Crippen LogP contribution in [0.4, 0.5) is 0 Å². The Balaban J connectivity index is 1.79. The van der Waals surface area contributed by atoms with Gasteiger partial charge in [-0.1, -0.05) is 57.6 Å². The molecular weight excluding hydrogens is 326 g/mol. The van der Waals surface area contributed by atoms with Crippen molar-refractivity contribution in [3.05, 3.63) is 35.7 Å². The molecule has 0 amide bonds. The van der Waals surface area contributed by atoms with Gasteiger partial charge in [0.05, 0.1) is 24.5 Å². The number of ether oxygens (including phenoxy) is 1.